The van der Waals surface area contributed by atoms with Gasteiger partial charge in [-0.1, -0.05) is 24.6 Å². The van der Waals surface area contributed by atoms with E-state index in [2.05, 4.69) is 23.3 Å². The summed E-state index contributed by atoms with van der Waals surface area (Å²) in [6.45, 7) is 3.86. The first kappa shape index (κ1) is 12.5. The fourth-order valence-electron chi connectivity index (χ4n) is 1.36. The summed E-state index contributed by atoms with van der Waals surface area (Å²) < 4.78 is 5.17. The molecule has 1 heterocycles. The summed E-state index contributed by atoms with van der Waals surface area (Å²) in [5, 5.41) is 4.59. The van der Waals surface area contributed by atoms with Crippen molar-refractivity contribution in [3.8, 4) is 0 Å². The highest BCUT2D eigenvalue weighted by Gasteiger charge is 2.06. The van der Waals surface area contributed by atoms with E-state index in [1.807, 2.05) is 12.1 Å². The number of oxazole rings is 1. The molecule has 1 N–H and O–H groups in total. The van der Waals surface area contributed by atoms with Crippen molar-refractivity contribution in [1.29, 1.82) is 0 Å². The van der Waals surface area contributed by atoms with Gasteiger partial charge in [0.1, 0.15) is 6.26 Å². The Kier molecular flexibility index (Phi) is 4.48. The van der Waals surface area contributed by atoms with Gasteiger partial charge in [0.05, 0.1) is 11.2 Å². The smallest absolute Gasteiger partial charge is 0.260 e. The summed E-state index contributed by atoms with van der Waals surface area (Å²) in [4.78, 5) is 5.00. The van der Waals surface area contributed by atoms with Gasteiger partial charge in [-0.2, -0.15) is 0 Å². The number of nitrogens with zero attached hydrogens (tertiary/aromatic N) is 1. The molecule has 0 aliphatic heterocycles. The van der Waals surface area contributed by atoms with Crippen molar-refractivity contribution in [3.05, 3.63) is 41.2 Å². The Labute approximate surface area is 110 Å². The van der Waals surface area contributed by atoms with Crippen molar-refractivity contribution in [2.45, 2.75) is 23.6 Å². The van der Waals surface area contributed by atoms with Crippen LogP contribution in [0.3, 0.4) is 0 Å². The summed E-state index contributed by atoms with van der Waals surface area (Å²) in [6, 6.07) is 6.01. The molecule has 3 nitrogen and oxygen atoms in total. The van der Waals surface area contributed by atoms with Crippen molar-refractivity contribution in [2.24, 2.45) is 0 Å². The van der Waals surface area contributed by atoms with Crippen LogP contribution in [0.25, 0.3) is 0 Å². The van der Waals surface area contributed by atoms with Crippen molar-refractivity contribution in [1.82, 2.24) is 10.3 Å². The van der Waals surface area contributed by atoms with Gasteiger partial charge >= 0.3 is 0 Å². The number of hydrogen-bond donors (Lipinski definition) is 1. The molecule has 2 aromatic rings. The highest BCUT2D eigenvalue weighted by molar-refractivity contribution is 7.99. The molecule has 90 valence electrons. The summed E-state index contributed by atoms with van der Waals surface area (Å²) in [5.41, 5.74) is 1.17. The number of rotatable bonds is 5. The van der Waals surface area contributed by atoms with Crippen LogP contribution >= 0.6 is 23.4 Å². The van der Waals surface area contributed by atoms with E-state index in [-0.39, 0.29) is 0 Å². The second kappa shape index (κ2) is 6.10. The van der Waals surface area contributed by atoms with Gasteiger partial charge in [-0.05, 0) is 36.0 Å². The van der Waals surface area contributed by atoms with Crippen LogP contribution in [0.1, 0.15) is 12.5 Å². The Balaban J connectivity index is 2.09. The SMILES string of the molecule is CCNCc1ccc(Sc2ncco2)c(Cl)c1. The third-order valence-corrected chi connectivity index (χ3v) is 3.56. The molecule has 0 aliphatic carbocycles. The molecule has 17 heavy (non-hydrogen) atoms. The number of hydrogen-bond acceptors (Lipinski definition) is 4. The highest BCUT2D eigenvalue weighted by Crippen LogP contribution is 2.32. The first-order chi connectivity index (χ1) is 8.29. The predicted octanol–water partition coefficient (Wildman–Crippen LogP) is 3.59. The first-order valence-corrected chi connectivity index (χ1v) is 6.55. The number of benzene rings is 1. The van der Waals surface area contributed by atoms with E-state index < -0.39 is 0 Å². The molecule has 0 saturated carbocycles. The Hall–Kier alpha value is -0.970. The molecule has 0 unspecified atom stereocenters. The second-order valence-electron chi connectivity index (χ2n) is 3.45. The van der Waals surface area contributed by atoms with Gasteiger partial charge in [-0.3, -0.25) is 0 Å². The Bertz CT molecular complexity index is 473. The zero-order chi connectivity index (χ0) is 12.1. The van der Waals surface area contributed by atoms with Crippen molar-refractivity contribution in [2.75, 3.05) is 6.54 Å². The van der Waals surface area contributed by atoms with Gasteiger partial charge in [0.25, 0.3) is 5.22 Å². The zero-order valence-electron chi connectivity index (χ0n) is 9.44. The lowest BCUT2D eigenvalue weighted by Gasteiger charge is -2.05. The van der Waals surface area contributed by atoms with Crippen LogP contribution in [0, 0.1) is 0 Å². The molecular weight excluding hydrogens is 256 g/mol. The van der Waals surface area contributed by atoms with Crippen LogP contribution in [0.2, 0.25) is 5.02 Å². The van der Waals surface area contributed by atoms with Crippen molar-refractivity contribution < 1.29 is 4.42 Å². The molecule has 2 rings (SSSR count). The maximum Gasteiger partial charge on any atom is 0.260 e. The maximum absolute atomic E-state index is 6.21. The lowest BCUT2D eigenvalue weighted by molar-refractivity contribution is 0.454. The van der Waals surface area contributed by atoms with E-state index in [1.54, 1.807) is 12.5 Å². The van der Waals surface area contributed by atoms with E-state index >= 15 is 0 Å². The van der Waals surface area contributed by atoms with Gasteiger partial charge in [-0.25, -0.2) is 4.98 Å². The first-order valence-electron chi connectivity index (χ1n) is 5.36. The van der Waals surface area contributed by atoms with Crippen molar-refractivity contribution in [3.63, 3.8) is 0 Å². The summed E-state index contributed by atoms with van der Waals surface area (Å²) >= 11 is 7.63. The summed E-state index contributed by atoms with van der Waals surface area (Å²) in [5.74, 6) is 0. The number of nitrogens with one attached hydrogen (secondary N) is 1. The quantitative estimate of drug-likeness (QED) is 0.899. The van der Waals surface area contributed by atoms with Crippen LogP contribution in [-0.4, -0.2) is 11.5 Å². The van der Waals surface area contributed by atoms with Crippen LogP contribution < -0.4 is 5.32 Å². The molecule has 0 spiro atoms. The maximum atomic E-state index is 6.21. The Morgan fingerprint density at radius 1 is 1.47 bits per heavy atom. The molecular formula is C12H13ClN2OS. The molecule has 0 bridgehead atoms. The minimum absolute atomic E-state index is 0.603. The van der Waals surface area contributed by atoms with Gasteiger partial charge in [-0.15, -0.1) is 0 Å². The summed E-state index contributed by atoms with van der Waals surface area (Å²) in [6.07, 6.45) is 3.17. The monoisotopic (exact) mass is 268 g/mol. The van der Waals surface area contributed by atoms with Crippen LogP contribution in [0.15, 0.2) is 45.2 Å². The molecule has 0 radical (unpaired) electrons. The Morgan fingerprint density at radius 3 is 3.00 bits per heavy atom. The molecule has 0 saturated heterocycles. The predicted molar refractivity (Wildman–Crippen MR) is 69.5 cm³/mol. The van der Waals surface area contributed by atoms with Gasteiger partial charge in [0.15, 0.2) is 0 Å². The average Bonchev–Trinajstić information content (AvgIpc) is 2.82. The van der Waals surface area contributed by atoms with Crippen LogP contribution in [-0.2, 0) is 6.54 Å². The zero-order valence-corrected chi connectivity index (χ0v) is 11.0. The molecule has 0 atom stereocenters. The topological polar surface area (TPSA) is 38.1 Å². The van der Waals surface area contributed by atoms with Gasteiger partial charge in [0, 0.05) is 11.4 Å². The molecule has 0 amide bonds. The third kappa shape index (κ3) is 3.49. The minimum Gasteiger partial charge on any atom is -0.440 e. The molecule has 1 aromatic heterocycles. The Morgan fingerprint density at radius 2 is 2.35 bits per heavy atom. The largest absolute Gasteiger partial charge is 0.440 e. The normalized spacial score (nSPS) is 10.7. The van der Waals surface area contributed by atoms with Gasteiger partial charge in [0.2, 0.25) is 0 Å². The van der Waals surface area contributed by atoms with E-state index in [0.29, 0.717) is 5.22 Å². The van der Waals surface area contributed by atoms with Gasteiger partial charge < -0.3 is 9.73 Å². The molecule has 1 aromatic carbocycles. The fourth-order valence-corrected chi connectivity index (χ4v) is 2.38. The van der Waals surface area contributed by atoms with E-state index in [0.717, 1.165) is 23.0 Å². The summed E-state index contributed by atoms with van der Waals surface area (Å²) in [7, 11) is 0. The fraction of sp³-hybridized carbons (Fsp3) is 0.250. The third-order valence-electron chi connectivity index (χ3n) is 2.18. The van der Waals surface area contributed by atoms with E-state index in [4.69, 9.17) is 16.0 Å². The average molecular weight is 269 g/mol. The lowest BCUT2D eigenvalue weighted by Crippen LogP contribution is -2.11. The standard InChI is InChI=1S/C12H13ClN2OS/c1-2-14-8-9-3-4-11(10(13)7-9)17-12-15-5-6-16-12/h3-7,14H,2,8H2,1H3. The molecule has 0 aliphatic rings. The molecule has 0 fully saturated rings. The minimum atomic E-state index is 0.603. The van der Waals surface area contributed by atoms with Crippen LogP contribution in [0.5, 0.6) is 0 Å². The molecule has 5 heteroatoms. The number of aromatic nitrogens is 1. The van der Waals surface area contributed by atoms with Crippen LogP contribution in [0.4, 0.5) is 0 Å². The second-order valence-corrected chi connectivity index (χ2v) is 4.85. The van der Waals surface area contributed by atoms with Crippen molar-refractivity contribution >= 4 is 23.4 Å². The highest BCUT2D eigenvalue weighted by atomic mass is 35.5. The van der Waals surface area contributed by atoms with E-state index in [1.165, 1.54) is 17.3 Å². The number of halogens is 1. The van der Waals surface area contributed by atoms with E-state index in [9.17, 15) is 0 Å². The lowest BCUT2D eigenvalue weighted by atomic mass is 10.2.